The van der Waals surface area contributed by atoms with E-state index in [0.717, 1.165) is 27.6 Å². The smallest absolute Gasteiger partial charge is 0.153 e. The number of benzene rings is 3. The molecule has 0 unspecified atom stereocenters. The molecule has 0 spiro atoms. The number of hydrogen-bond acceptors (Lipinski definition) is 3. The molecule has 25 heavy (non-hydrogen) atoms. The summed E-state index contributed by atoms with van der Waals surface area (Å²) in [4.78, 5) is 0. The molecule has 0 fully saturated rings. The number of H-pyrrole nitrogens is 1. The van der Waals surface area contributed by atoms with Gasteiger partial charge in [-0.05, 0) is 41.0 Å². The van der Waals surface area contributed by atoms with Gasteiger partial charge in [0.25, 0.3) is 0 Å². The monoisotopic (exact) mass is 349 g/mol. The first-order chi connectivity index (χ1) is 12.2. The molecule has 5 heteroatoms. The Morgan fingerprint density at radius 1 is 0.960 bits per heavy atom. The van der Waals surface area contributed by atoms with Crippen LogP contribution in [0.15, 0.2) is 66.7 Å². The zero-order valence-corrected chi connectivity index (χ0v) is 14.1. The van der Waals surface area contributed by atoms with E-state index in [4.69, 9.17) is 22.1 Å². The van der Waals surface area contributed by atoms with Crippen LogP contribution in [0.2, 0.25) is 5.02 Å². The van der Waals surface area contributed by atoms with E-state index in [9.17, 15) is 0 Å². The fourth-order valence-electron chi connectivity index (χ4n) is 2.75. The van der Waals surface area contributed by atoms with Crippen molar-refractivity contribution in [2.75, 3.05) is 5.73 Å². The maximum Gasteiger partial charge on any atom is 0.153 e. The lowest BCUT2D eigenvalue weighted by Gasteiger charge is -2.10. The van der Waals surface area contributed by atoms with Crippen molar-refractivity contribution in [2.24, 2.45) is 0 Å². The zero-order valence-electron chi connectivity index (χ0n) is 13.4. The van der Waals surface area contributed by atoms with E-state index in [1.165, 1.54) is 0 Å². The van der Waals surface area contributed by atoms with Crippen LogP contribution in [0, 0.1) is 0 Å². The van der Waals surface area contributed by atoms with Gasteiger partial charge in [-0.15, -0.1) is 0 Å². The molecule has 0 amide bonds. The molecule has 124 valence electrons. The van der Waals surface area contributed by atoms with Crippen LogP contribution in [0.5, 0.6) is 5.75 Å². The predicted molar refractivity (Wildman–Crippen MR) is 102 cm³/mol. The average Bonchev–Trinajstić information content (AvgIpc) is 3.02. The normalized spacial score (nSPS) is 10.9. The van der Waals surface area contributed by atoms with Gasteiger partial charge >= 0.3 is 0 Å². The lowest BCUT2D eigenvalue weighted by Crippen LogP contribution is -1.95. The molecule has 4 aromatic rings. The molecule has 0 aliphatic rings. The van der Waals surface area contributed by atoms with Gasteiger partial charge in [-0.1, -0.05) is 54.1 Å². The van der Waals surface area contributed by atoms with Gasteiger partial charge in [-0.25, -0.2) is 0 Å². The van der Waals surface area contributed by atoms with Crippen LogP contribution < -0.4 is 10.5 Å². The molecule has 0 radical (unpaired) electrons. The molecule has 0 aliphatic carbocycles. The van der Waals surface area contributed by atoms with Crippen LogP contribution in [0.3, 0.4) is 0 Å². The number of anilines is 1. The van der Waals surface area contributed by atoms with E-state index in [0.29, 0.717) is 23.2 Å². The van der Waals surface area contributed by atoms with E-state index < -0.39 is 0 Å². The first-order valence-electron chi connectivity index (χ1n) is 7.91. The fraction of sp³-hybridized carbons (Fsp3) is 0.0500. The van der Waals surface area contributed by atoms with E-state index in [1.54, 1.807) is 0 Å². The quantitative estimate of drug-likeness (QED) is 0.542. The number of halogens is 1. The van der Waals surface area contributed by atoms with Crippen LogP contribution in [-0.2, 0) is 6.61 Å². The highest BCUT2D eigenvalue weighted by molar-refractivity contribution is 6.32. The van der Waals surface area contributed by atoms with Crippen molar-refractivity contribution >= 4 is 28.3 Å². The van der Waals surface area contributed by atoms with E-state index in [1.807, 2.05) is 66.7 Å². The van der Waals surface area contributed by atoms with E-state index in [2.05, 4.69) is 10.2 Å². The molecular formula is C20H16ClN3O. The Kier molecular flexibility index (Phi) is 4.04. The topological polar surface area (TPSA) is 63.9 Å². The average molecular weight is 350 g/mol. The second-order valence-corrected chi connectivity index (χ2v) is 6.20. The SMILES string of the molecule is Nc1n[nH]c2ccc(-c3ccc(OCc4ccccc4)c(Cl)c3)cc12. The summed E-state index contributed by atoms with van der Waals surface area (Å²) in [5.41, 5.74) is 9.92. The van der Waals surface area contributed by atoms with Gasteiger partial charge in [0.2, 0.25) is 0 Å². The van der Waals surface area contributed by atoms with Crippen LogP contribution in [0.4, 0.5) is 5.82 Å². The molecule has 0 saturated heterocycles. The molecular weight excluding hydrogens is 334 g/mol. The Bertz CT molecular complexity index is 1030. The van der Waals surface area contributed by atoms with Crippen molar-refractivity contribution in [1.29, 1.82) is 0 Å². The second-order valence-electron chi connectivity index (χ2n) is 5.79. The van der Waals surface area contributed by atoms with Crippen molar-refractivity contribution in [3.05, 3.63) is 77.3 Å². The zero-order chi connectivity index (χ0) is 17.2. The van der Waals surface area contributed by atoms with Gasteiger partial charge < -0.3 is 10.5 Å². The Labute approximate surface area is 150 Å². The minimum atomic E-state index is 0.484. The third kappa shape index (κ3) is 3.16. The summed E-state index contributed by atoms with van der Waals surface area (Å²) in [7, 11) is 0. The largest absolute Gasteiger partial charge is 0.487 e. The highest BCUT2D eigenvalue weighted by Gasteiger charge is 2.08. The van der Waals surface area contributed by atoms with Crippen LogP contribution >= 0.6 is 11.6 Å². The number of nitrogens with one attached hydrogen (secondary N) is 1. The number of nitrogens with zero attached hydrogens (tertiary/aromatic N) is 1. The third-order valence-electron chi connectivity index (χ3n) is 4.09. The van der Waals surface area contributed by atoms with Crippen molar-refractivity contribution < 1.29 is 4.74 Å². The number of ether oxygens (including phenoxy) is 1. The van der Waals surface area contributed by atoms with Crippen molar-refractivity contribution in [1.82, 2.24) is 10.2 Å². The third-order valence-corrected chi connectivity index (χ3v) is 4.39. The Morgan fingerprint density at radius 3 is 2.52 bits per heavy atom. The van der Waals surface area contributed by atoms with Crippen LogP contribution in [0.25, 0.3) is 22.0 Å². The van der Waals surface area contributed by atoms with Crippen molar-refractivity contribution in [3.63, 3.8) is 0 Å². The van der Waals surface area contributed by atoms with Crippen LogP contribution in [0.1, 0.15) is 5.56 Å². The second kappa shape index (κ2) is 6.49. The van der Waals surface area contributed by atoms with Crippen LogP contribution in [-0.4, -0.2) is 10.2 Å². The summed E-state index contributed by atoms with van der Waals surface area (Å²) in [5.74, 6) is 1.16. The molecule has 3 N–H and O–H groups in total. The first kappa shape index (κ1) is 15.5. The van der Waals surface area contributed by atoms with E-state index in [-0.39, 0.29) is 0 Å². The molecule has 0 aliphatic heterocycles. The molecule has 0 atom stereocenters. The van der Waals surface area contributed by atoms with Crippen molar-refractivity contribution in [3.8, 4) is 16.9 Å². The Balaban J connectivity index is 1.59. The highest BCUT2D eigenvalue weighted by Crippen LogP contribution is 2.32. The van der Waals surface area contributed by atoms with Gasteiger partial charge in [0, 0.05) is 5.39 Å². The molecule has 3 aromatic carbocycles. The molecule has 0 saturated carbocycles. The van der Waals surface area contributed by atoms with Gasteiger partial charge in [-0.2, -0.15) is 5.10 Å². The minimum Gasteiger partial charge on any atom is -0.487 e. The van der Waals surface area contributed by atoms with E-state index >= 15 is 0 Å². The maximum absolute atomic E-state index is 6.41. The summed E-state index contributed by atoms with van der Waals surface area (Å²) < 4.78 is 5.82. The predicted octanol–water partition coefficient (Wildman–Crippen LogP) is 5.04. The standard InChI is InChI=1S/C20H16ClN3O/c21-17-11-15(14-6-8-18-16(10-14)20(22)24-23-18)7-9-19(17)25-12-13-4-2-1-3-5-13/h1-11H,12H2,(H3,22,23,24). The maximum atomic E-state index is 6.41. The van der Waals surface area contributed by atoms with Gasteiger partial charge in [0.1, 0.15) is 12.4 Å². The summed E-state index contributed by atoms with van der Waals surface area (Å²) in [5, 5.41) is 8.40. The molecule has 0 bridgehead atoms. The number of nitrogens with two attached hydrogens (primary N) is 1. The molecule has 4 rings (SSSR count). The molecule has 1 aromatic heterocycles. The minimum absolute atomic E-state index is 0.484. The lowest BCUT2D eigenvalue weighted by atomic mass is 10.0. The number of hydrogen-bond donors (Lipinski definition) is 2. The highest BCUT2D eigenvalue weighted by atomic mass is 35.5. The van der Waals surface area contributed by atoms with Gasteiger partial charge in [0.05, 0.1) is 10.5 Å². The number of aromatic nitrogens is 2. The Hall–Kier alpha value is -2.98. The molecule has 1 heterocycles. The number of nitrogen functional groups attached to an aromatic ring is 1. The summed E-state index contributed by atoms with van der Waals surface area (Å²) in [6, 6.07) is 21.8. The number of rotatable bonds is 4. The lowest BCUT2D eigenvalue weighted by molar-refractivity contribution is 0.306. The number of fused-ring (bicyclic) bond motifs is 1. The number of aromatic amines is 1. The van der Waals surface area contributed by atoms with Gasteiger partial charge in [-0.3, -0.25) is 5.10 Å². The van der Waals surface area contributed by atoms with Crippen molar-refractivity contribution in [2.45, 2.75) is 6.61 Å². The molecule has 4 nitrogen and oxygen atoms in total. The van der Waals surface area contributed by atoms with Gasteiger partial charge in [0.15, 0.2) is 5.82 Å². The summed E-state index contributed by atoms with van der Waals surface area (Å²) in [6.07, 6.45) is 0. The first-order valence-corrected chi connectivity index (χ1v) is 8.29. The Morgan fingerprint density at radius 2 is 1.72 bits per heavy atom. The summed E-state index contributed by atoms with van der Waals surface area (Å²) in [6.45, 7) is 0.484. The fourth-order valence-corrected chi connectivity index (χ4v) is 2.98. The summed E-state index contributed by atoms with van der Waals surface area (Å²) >= 11 is 6.41.